The molecule has 1 saturated heterocycles. The zero-order chi connectivity index (χ0) is 20.6. The van der Waals surface area contributed by atoms with Gasteiger partial charge in [-0.2, -0.15) is 0 Å². The van der Waals surface area contributed by atoms with E-state index in [0.29, 0.717) is 24.6 Å². The Morgan fingerprint density at radius 1 is 1.03 bits per heavy atom. The summed E-state index contributed by atoms with van der Waals surface area (Å²) in [6, 6.07) is 15.7. The highest BCUT2D eigenvalue weighted by molar-refractivity contribution is 5.94. The number of para-hydroxylation sites is 1. The van der Waals surface area contributed by atoms with Crippen molar-refractivity contribution in [3.63, 3.8) is 0 Å². The SMILES string of the molecule is CC(C)CCOc1ccc(C(=O)NCc2ccccc2N2CCN(C)CC2)cc1. The Hall–Kier alpha value is -2.53. The summed E-state index contributed by atoms with van der Waals surface area (Å²) < 4.78 is 5.73. The summed E-state index contributed by atoms with van der Waals surface area (Å²) in [5.41, 5.74) is 3.02. The minimum Gasteiger partial charge on any atom is -0.494 e. The second kappa shape index (κ2) is 10.3. The summed E-state index contributed by atoms with van der Waals surface area (Å²) >= 11 is 0. The fourth-order valence-corrected chi connectivity index (χ4v) is 3.41. The van der Waals surface area contributed by atoms with Gasteiger partial charge in [-0.25, -0.2) is 0 Å². The van der Waals surface area contributed by atoms with Gasteiger partial charge in [0, 0.05) is 44.0 Å². The van der Waals surface area contributed by atoms with Gasteiger partial charge in [-0.1, -0.05) is 32.0 Å². The largest absolute Gasteiger partial charge is 0.494 e. The molecular weight excluding hydrogens is 362 g/mol. The van der Waals surface area contributed by atoms with Crippen LogP contribution in [0.2, 0.25) is 0 Å². The number of hydrogen-bond donors (Lipinski definition) is 1. The van der Waals surface area contributed by atoms with E-state index in [-0.39, 0.29) is 5.91 Å². The van der Waals surface area contributed by atoms with Gasteiger partial charge in [0.25, 0.3) is 5.91 Å². The van der Waals surface area contributed by atoms with Crippen LogP contribution in [0.15, 0.2) is 48.5 Å². The minimum atomic E-state index is -0.0630. The van der Waals surface area contributed by atoms with E-state index in [1.54, 1.807) is 0 Å². The van der Waals surface area contributed by atoms with Crippen molar-refractivity contribution in [1.82, 2.24) is 10.2 Å². The van der Waals surface area contributed by atoms with E-state index in [9.17, 15) is 4.79 Å². The molecule has 156 valence electrons. The number of nitrogens with one attached hydrogen (secondary N) is 1. The predicted octanol–water partition coefficient (Wildman–Crippen LogP) is 3.79. The van der Waals surface area contributed by atoms with Crippen LogP contribution in [0.4, 0.5) is 5.69 Å². The lowest BCUT2D eigenvalue weighted by Crippen LogP contribution is -2.45. The first-order valence-corrected chi connectivity index (χ1v) is 10.6. The van der Waals surface area contributed by atoms with Crippen LogP contribution in [0.25, 0.3) is 0 Å². The van der Waals surface area contributed by atoms with Crippen molar-refractivity contribution < 1.29 is 9.53 Å². The molecule has 5 nitrogen and oxygen atoms in total. The number of nitrogens with zero attached hydrogens (tertiary/aromatic N) is 2. The average molecular weight is 396 g/mol. The van der Waals surface area contributed by atoms with Gasteiger partial charge in [-0.15, -0.1) is 0 Å². The quantitative estimate of drug-likeness (QED) is 0.739. The number of rotatable bonds is 8. The molecule has 29 heavy (non-hydrogen) atoms. The third-order valence-electron chi connectivity index (χ3n) is 5.36. The van der Waals surface area contributed by atoms with E-state index < -0.39 is 0 Å². The molecule has 2 aromatic rings. The van der Waals surface area contributed by atoms with Crippen molar-refractivity contribution in [1.29, 1.82) is 0 Å². The molecule has 0 atom stereocenters. The maximum Gasteiger partial charge on any atom is 0.251 e. The molecule has 3 rings (SSSR count). The van der Waals surface area contributed by atoms with Crippen molar-refractivity contribution in [2.75, 3.05) is 44.7 Å². The van der Waals surface area contributed by atoms with Crippen LogP contribution in [0.5, 0.6) is 5.75 Å². The van der Waals surface area contributed by atoms with E-state index >= 15 is 0 Å². The lowest BCUT2D eigenvalue weighted by atomic mass is 10.1. The molecule has 2 aromatic carbocycles. The number of ether oxygens (including phenoxy) is 1. The number of anilines is 1. The molecule has 1 aliphatic rings. The zero-order valence-electron chi connectivity index (χ0n) is 17.9. The van der Waals surface area contributed by atoms with Gasteiger partial charge in [0.05, 0.1) is 6.61 Å². The van der Waals surface area contributed by atoms with Crippen molar-refractivity contribution in [3.05, 3.63) is 59.7 Å². The summed E-state index contributed by atoms with van der Waals surface area (Å²) in [7, 11) is 2.16. The smallest absolute Gasteiger partial charge is 0.251 e. The Kier molecular flexibility index (Phi) is 7.53. The van der Waals surface area contributed by atoms with Crippen molar-refractivity contribution in [2.45, 2.75) is 26.8 Å². The van der Waals surface area contributed by atoms with Crippen LogP contribution in [0.3, 0.4) is 0 Å². The Morgan fingerprint density at radius 3 is 2.41 bits per heavy atom. The monoisotopic (exact) mass is 395 g/mol. The Balaban J connectivity index is 1.55. The zero-order valence-corrected chi connectivity index (χ0v) is 17.9. The predicted molar refractivity (Wildman–Crippen MR) is 119 cm³/mol. The Bertz CT molecular complexity index is 781. The molecule has 5 heteroatoms. The Morgan fingerprint density at radius 2 is 1.72 bits per heavy atom. The third-order valence-corrected chi connectivity index (χ3v) is 5.36. The second-order valence-electron chi connectivity index (χ2n) is 8.16. The first-order valence-electron chi connectivity index (χ1n) is 10.6. The fraction of sp³-hybridized carbons (Fsp3) is 0.458. The number of carbonyl (C=O) groups is 1. The normalized spacial score (nSPS) is 14.8. The number of amides is 1. The highest BCUT2D eigenvalue weighted by atomic mass is 16.5. The molecule has 0 aromatic heterocycles. The number of hydrogen-bond acceptors (Lipinski definition) is 4. The van der Waals surface area contributed by atoms with E-state index in [1.165, 1.54) is 5.69 Å². The summed E-state index contributed by atoms with van der Waals surface area (Å²) in [4.78, 5) is 17.3. The molecule has 1 N–H and O–H groups in total. The van der Waals surface area contributed by atoms with Gasteiger partial charge in [-0.3, -0.25) is 4.79 Å². The highest BCUT2D eigenvalue weighted by Crippen LogP contribution is 2.22. The maximum absolute atomic E-state index is 12.6. The van der Waals surface area contributed by atoms with Crippen LogP contribution in [0.1, 0.15) is 36.2 Å². The van der Waals surface area contributed by atoms with Gasteiger partial charge in [0.15, 0.2) is 0 Å². The molecule has 0 bridgehead atoms. The van der Waals surface area contributed by atoms with E-state index in [2.05, 4.69) is 54.2 Å². The van der Waals surface area contributed by atoms with Crippen LogP contribution in [-0.4, -0.2) is 50.6 Å². The van der Waals surface area contributed by atoms with Gasteiger partial charge >= 0.3 is 0 Å². The molecule has 0 spiro atoms. The lowest BCUT2D eigenvalue weighted by molar-refractivity contribution is 0.0951. The number of benzene rings is 2. The average Bonchev–Trinajstić information content (AvgIpc) is 2.73. The van der Waals surface area contributed by atoms with Gasteiger partial charge in [-0.05, 0) is 55.3 Å². The first kappa shape index (κ1) is 21.2. The maximum atomic E-state index is 12.6. The van der Waals surface area contributed by atoms with E-state index in [0.717, 1.165) is 43.9 Å². The summed E-state index contributed by atoms with van der Waals surface area (Å²) in [6.45, 7) is 9.73. The van der Waals surface area contributed by atoms with Crippen LogP contribution in [-0.2, 0) is 6.54 Å². The lowest BCUT2D eigenvalue weighted by Gasteiger charge is -2.35. The number of piperazine rings is 1. The fourth-order valence-electron chi connectivity index (χ4n) is 3.41. The van der Waals surface area contributed by atoms with E-state index in [1.807, 2.05) is 30.3 Å². The van der Waals surface area contributed by atoms with Crippen LogP contribution >= 0.6 is 0 Å². The molecular formula is C24H33N3O2. The molecule has 1 amide bonds. The molecule has 1 fully saturated rings. The third kappa shape index (κ3) is 6.23. The molecule has 0 radical (unpaired) electrons. The topological polar surface area (TPSA) is 44.8 Å². The summed E-state index contributed by atoms with van der Waals surface area (Å²) in [5.74, 6) is 1.36. The molecule has 0 unspecified atom stereocenters. The number of likely N-dealkylation sites (N-methyl/N-ethyl adjacent to an activating group) is 1. The molecule has 0 saturated carbocycles. The standard InChI is InChI=1S/C24H33N3O2/c1-19(2)12-17-29-22-10-8-20(9-11-22)24(28)25-18-21-6-4-5-7-23(21)27-15-13-26(3)14-16-27/h4-11,19H,12-18H2,1-3H3,(H,25,28). The second-order valence-corrected chi connectivity index (χ2v) is 8.16. The summed E-state index contributed by atoms with van der Waals surface area (Å²) in [6.07, 6.45) is 1.02. The van der Waals surface area contributed by atoms with E-state index in [4.69, 9.17) is 4.74 Å². The van der Waals surface area contributed by atoms with Crippen LogP contribution in [0, 0.1) is 5.92 Å². The number of carbonyl (C=O) groups excluding carboxylic acids is 1. The van der Waals surface area contributed by atoms with Gasteiger partial charge in [0.2, 0.25) is 0 Å². The minimum absolute atomic E-state index is 0.0630. The van der Waals surface area contributed by atoms with Crippen molar-refractivity contribution >= 4 is 11.6 Å². The highest BCUT2D eigenvalue weighted by Gasteiger charge is 2.17. The molecule has 0 aliphatic carbocycles. The van der Waals surface area contributed by atoms with Crippen molar-refractivity contribution in [2.24, 2.45) is 5.92 Å². The van der Waals surface area contributed by atoms with Gasteiger partial charge in [0.1, 0.15) is 5.75 Å². The first-order chi connectivity index (χ1) is 14.0. The van der Waals surface area contributed by atoms with Crippen molar-refractivity contribution in [3.8, 4) is 5.75 Å². The molecule has 1 aliphatic heterocycles. The van der Waals surface area contributed by atoms with Gasteiger partial charge < -0.3 is 19.9 Å². The Labute approximate surface area is 174 Å². The summed E-state index contributed by atoms with van der Waals surface area (Å²) in [5, 5.41) is 3.06. The van der Waals surface area contributed by atoms with Crippen LogP contribution < -0.4 is 15.0 Å². The molecule has 1 heterocycles.